The highest BCUT2D eigenvalue weighted by atomic mass is 79.9. The molecule has 0 amide bonds. The lowest BCUT2D eigenvalue weighted by atomic mass is 10.1. The molecule has 94 valence electrons. The first-order chi connectivity index (χ1) is 8.20. The van der Waals surface area contributed by atoms with Gasteiger partial charge in [0.2, 0.25) is 0 Å². The van der Waals surface area contributed by atoms with Crippen LogP contribution >= 0.6 is 15.9 Å². The SMILES string of the molecule is COc1ccc(CCCC(Br)C2CC2)cc1F. The van der Waals surface area contributed by atoms with Crippen molar-refractivity contribution in [2.45, 2.75) is 36.9 Å². The van der Waals surface area contributed by atoms with Gasteiger partial charge in [-0.3, -0.25) is 0 Å². The van der Waals surface area contributed by atoms with Gasteiger partial charge >= 0.3 is 0 Å². The Bertz CT molecular complexity index is 376. The van der Waals surface area contributed by atoms with Gasteiger partial charge in [0, 0.05) is 4.83 Å². The van der Waals surface area contributed by atoms with E-state index in [1.165, 1.54) is 26.4 Å². The molecule has 0 aromatic heterocycles. The summed E-state index contributed by atoms with van der Waals surface area (Å²) in [5.74, 6) is 0.954. The average molecular weight is 301 g/mol. The molecule has 1 aliphatic carbocycles. The van der Waals surface area contributed by atoms with Crippen LogP contribution in [0.5, 0.6) is 5.75 Å². The van der Waals surface area contributed by atoms with Crippen LogP contribution in [0.15, 0.2) is 18.2 Å². The van der Waals surface area contributed by atoms with Crippen LogP contribution in [-0.4, -0.2) is 11.9 Å². The fourth-order valence-corrected chi connectivity index (χ4v) is 2.91. The zero-order chi connectivity index (χ0) is 12.3. The standard InChI is InChI=1S/C14H18BrFO/c1-17-14-8-5-10(9-13(14)16)3-2-4-12(15)11-6-7-11/h5,8-9,11-12H,2-4,6-7H2,1H3. The van der Waals surface area contributed by atoms with Crippen LogP contribution < -0.4 is 4.74 Å². The van der Waals surface area contributed by atoms with Gasteiger partial charge in [-0.25, -0.2) is 4.39 Å². The molecule has 2 rings (SSSR count). The molecular weight excluding hydrogens is 283 g/mol. The summed E-state index contributed by atoms with van der Waals surface area (Å²) in [5, 5.41) is 0. The first-order valence-electron chi connectivity index (χ1n) is 6.17. The second-order valence-corrected chi connectivity index (χ2v) is 5.89. The van der Waals surface area contributed by atoms with E-state index in [0.29, 0.717) is 10.6 Å². The molecule has 0 N–H and O–H groups in total. The normalized spacial score (nSPS) is 16.9. The van der Waals surface area contributed by atoms with E-state index in [9.17, 15) is 4.39 Å². The summed E-state index contributed by atoms with van der Waals surface area (Å²) in [6.45, 7) is 0. The van der Waals surface area contributed by atoms with Crippen molar-refractivity contribution in [2.24, 2.45) is 5.92 Å². The van der Waals surface area contributed by atoms with Crippen LogP contribution in [0, 0.1) is 11.7 Å². The molecule has 1 aliphatic rings. The summed E-state index contributed by atoms with van der Waals surface area (Å²) in [6.07, 6.45) is 5.96. The molecule has 17 heavy (non-hydrogen) atoms. The summed E-state index contributed by atoms with van der Waals surface area (Å²) in [6, 6.07) is 5.23. The quantitative estimate of drug-likeness (QED) is 0.711. The lowest BCUT2D eigenvalue weighted by Crippen LogP contribution is -2.01. The number of rotatable bonds is 6. The van der Waals surface area contributed by atoms with E-state index < -0.39 is 0 Å². The summed E-state index contributed by atoms with van der Waals surface area (Å²) >= 11 is 3.72. The summed E-state index contributed by atoms with van der Waals surface area (Å²) in [4.78, 5) is 0.658. The van der Waals surface area contributed by atoms with Crippen molar-refractivity contribution in [3.05, 3.63) is 29.6 Å². The summed E-state index contributed by atoms with van der Waals surface area (Å²) in [7, 11) is 1.49. The van der Waals surface area contributed by atoms with Crippen molar-refractivity contribution in [3.63, 3.8) is 0 Å². The molecule has 0 bridgehead atoms. The van der Waals surface area contributed by atoms with Crippen LogP contribution in [0.1, 0.15) is 31.2 Å². The highest BCUT2D eigenvalue weighted by molar-refractivity contribution is 9.09. The van der Waals surface area contributed by atoms with Crippen molar-refractivity contribution >= 4 is 15.9 Å². The summed E-state index contributed by atoms with van der Waals surface area (Å²) < 4.78 is 18.3. The van der Waals surface area contributed by atoms with E-state index in [4.69, 9.17) is 4.74 Å². The topological polar surface area (TPSA) is 9.23 Å². The molecule has 0 radical (unpaired) electrons. The van der Waals surface area contributed by atoms with Gasteiger partial charge in [0.05, 0.1) is 7.11 Å². The third-order valence-electron chi connectivity index (χ3n) is 3.30. The second-order valence-electron chi connectivity index (χ2n) is 4.71. The fourth-order valence-electron chi connectivity index (χ4n) is 2.06. The molecule has 1 saturated carbocycles. The van der Waals surface area contributed by atoms with Crippen LogP contribution in [0.2, 0.25) is 0 Å². The molecule has 1 atom stereocenters. The van der Waals surface area contributed by atoms with Crippen molar-refractivity contribution in [2.75, 3.05) is 7.11 Å². The number of halogens is 2. The Kier molecular flexibility index (Phi) is 4.43. The zero-order valence-electron chi connectivity index (χ0n) is 10.1. The Labute approximate surface area is 110 Å². The van der Waals surface area contributed by atoms with E-state index in [0.717, 1.165) is 24.3 Å². The molecule has 1 aromatic carbocycles. The zero-order valence-corrected chi connectivity index (χ0v) is 11.7. The second kappa shape index (κ2) is 5.85. The number of alkyl halides is 1. The maximum absolute atomic E-state index is 13.4. The minimum absolute atomic E-state index is 0.261. The largest absolute Gasteiger partial charge is 0.494 e. The van der Waals surface area contributed by atoms with Gasteiger partial charge in [0.15, 0.2) is 11.6 Å². The Morgan fingerprint density at radius 2 is 2.24 bits per heavy atom. The molecule has 3 heteroatoms. The van der Waals surface area contributed by atoms with Gasteiger partial charge in [-0.15, -0.1) is 0 Å². The van der Waals surface area contributed by atoms with E-state index in [1.807, 2.05) is 6.07 Å². The lowest BCUT2D eigenvalue weighted by Gasteiger charge is -2.08. The molecule has 1 nitrogen and oxygen atoms in total. The summed E-state index contributed by atoms with van der Waals surface area (Å²) in [5.41, 5.74) is 1.05. The Hall–Kier alpha value is -0.570. The predicted octanol–water partition coefficient (Wildman–Crippen LogP) is 4.33. The van der Waals surface area contributed by atoms with Gasteiger partial charge in [0.25, 0.3) is 0 Å². The van der Waals surface area contributed by atoms with Gasteiger partial charge in [-0.05, 0) is 55.7 Å². The fraction of sp³-hybridized carbons (Fsp3) is 0.571. The third-order valence-corrected chi connectivity index (χ3v) is 4.50. The molecular formula is C14H18BrFO. The number of aryl methyl sites for hydroxylation is 1. The molecule has 1 fully saturated rings. The number of methoxy groups -OCH3 is 1. The number of hydrogen-bond acceptors (Lipinski definition) is 1. The molecule has 0 aliphatic heterocycles. The van der Waals surface area contributed by atoms with E-state index >= 15 is 0 Å². The van der Waals surface area contributed by atoms with Crippen molar-refractivity contribution in [3.8, 4) is 5.75 Å². The van der Waals surface area contributed by atoms with Crippen molar-refractivity contribution in [1.29, 1.82) is 0 Å². The Morgan fingerprint density at radius 3 is 2.82 bits per heavy atom. The average Bonchev–Trinajstić information content (AvgIpc) is 3.13. The van der Waals surface area contributed by atoms with Gasteiger partial charge in [-0.1, -0.05) is 22.0 Å². The highest BCUT2D eigenvalue weighted by Crippen LogP contribution is 2.38. The first kappa shape index (κ1) is 12.9. The van der Waals surface area contributed by atoms with E-state index in [-0.39, 0.29) is 5.82 Å². The third kappa shape index (κ3) is 3.70. The Morgan fingerprint density at radius 1 is 1.47 bits per heavy atom. The molecule has 0 heterocycles. The van der Waals surface area contributed by atoms with Crippen LogP contribution in [-0.2, 0) is 6.42 Å². The monoisotopic (exact) mass is 300 g/mol. The lowest BCUT2D eigenvalue weighted by molar-refractivity contribution is 0.386. The highest BCUT2D eigenvalue weighted by Gasteiger charge is 2.28. The predicted molar refractivity (Wildman–Crippen MR) is 71.3 cm³/mol. The van der Waals surface area contributed by atoms with Crippen molar-refractivity contribution < 1.29 is 9.13 Å². The van der Waals surface area contributed by atoms with Crippen LogP contribution in [0.4, 0.5) is 4.39 Å². The number of hydrogen-bond donors (Lipinski definition) is 0. The van der Waals surface area contributed by atoms with Gasteiger partial charge < -0.3 is 4.74 Å². The molecule has 0 spiro atoms. The van der Waals surface area contributed by atoms with Gasteiger partial charge in [-0.2, -0.15) is 0 Å². The number of ether oxygens (including phenoxy) is 1. The molecule has 1 aromatic rings. The number of benzene rings is 1. The van der Waals surface area contributed by atoms with E-state index in [2.05, 4.69) is 15.9 Å². The minimum Gasteiger partial charge on any atom is -0.494 e. The van der Waals surface area contributed by atoms with Gasteiger partial charge in [0.1, 0.15) is 0 Å². The smallest absolute Gasteiger partial charge is 0.165 e. The van der Waals surface area contributed by atoms with Crippen molar-refractivity contribution in [1.82, 2.24) is 0 Å². The van der Waals surface area contributed by atoms with Crippen LogP contribution in [0.25, 0.3) is 0 Å². The maximum atomic E-state index is 13.4. The maximum Gasteiger partial charge on any atom is 0.165 e. The molecule has 1 unspecified atom stereocenters. The Balaban J connectivity index is 1.80. The molecule has 0 saturated heterocycles. The minimum atomic E-state index is -0.261. The van der Waals surface area contributed by atoms with E-state index in [1.54, 1.807) is 12.1 Å². The van der Waals surface area contributed by atoms with Crippen LogP contribution in [0.3, 0.4) is 0 Å². The first-order valence-corrected chi connectivity index (χ1v) is 7.08.